The molecular weight excluding hydrogens is 352 g/mol. The molecule has 2 atom stereocenters. The Hall–Kier alpha value is -1.63. The zero-order valence-corrected chi connectivity index (χ0v) is 17.8. The Labute approximate surface area is 170 Å². The zero-order chi connectivity index (χ0) is 20.0. The molecular formula is C22H38N4O2. The van der Waals surface area contributed by atoms with E-state index in [1.807, 2.05) is 0 Å². The number of rotatable bonds is 12. The second-order valence-electron chi connectivity index (χ2n) is 7.46. The second-order valence-corrected chi connectivity index (χ2v) is 7.46. The molecule has 1 heterocycles. The molecule has 1 aliphatic heterocycles. The molecule has 1 aromatic rings. The molecule has 6 heteroatoms. The van der Waals surface area contributed by atoms with Crippen LogP contribution >= 0.6 is 0 Å². The third-order valence-corrected chi connectivity index (χ3v) is 4.97. The highest BCUT2D eigenvalue weighted by Gasteiger charge is 2.15. The van der Waals surface area contributed by atoms with Crippen LogP contribution in [-0.2, 0) is 16.0 Å². The summed E-state index contributed by atoms with van der Waals surface area (Å²) in [5.74, 6) is 0.876. The monoisotopic (exact) mass is 390 g/mol. The molecule has 1 fully saturated rings. The summed E-state index contributed by atoms with van der Waals surface area (Å²) >= 11 is 0. The SMILES string of the molecule is CCNC(=NCC(C)N(C)Cc1ccccc1)NCCCOCC1CCCO1. The molecule has 0 aliphatic carbocycles. The number of nitrogens with one attached hydrogen (secondary N) is 2. The van der Waals surface area contributed by atoms with E-state index in [0.717, 1.165) is 71.2 Å². The van der Waals surface area contributed by atoms with Crippen molar-refractivity contribution in [3.8, 4) is 0 Å². The van der Waals surface area contributed by atoms with Gasteiger partial charge in [-0.25, -0.2) is 0 Å². The molecule has 0 radical (unpaired) electrons. The van der Waals surface area contributed by atoms with Crippen LogP contribution in [0.4, 0.5) is 0 Å². The van der Waals surface area contributed by atoms with Crippen LogP contribution in [0.5, 0.6) is 0 Å². The lowest BCUT2D eigenvalue weighted by Gasteiger charge is -2.24. The lowest BCUT2D eigenvalue weighted by Crippen LogP contribution is -2.39. The zero-order valence-electron chi connectivity index (χ0n) is 17.8. The van der Waals surface area contributed by atoms with E-state index in [0.29, 0.717) is 12.1 Å². The minimum atomic E-state index is 0.307. The van der Waals surface area contributed by atoms with E-state index in [1.165, 1.54) is 5.56 Å². The maximum Gasteiger partial charge on any atom is 0.191 e. The Balaban J connectivity index is 1.64. The summed E-state index contributed by atoms with van der Waals surface area (Å²) in [6.45, 7) is 10.1. The Morgan fingerprint density at radius 1 is 1.32 bits per heavy atom. The van der Waals surface area contributed by atoms with E-state index in [1.54, 1.807) is 0 Å². The van der Waals surface area contributed by atoms with Crippen molar-refractivity contribution < 1.29 is 9.47 Å². The van der Waals surface area contributed by atoms with Gasteiger partial charge in [-0.05, 0) is 45.7 Å². The number of likely N-dealkylation sites (N-methyl/N-ethyl adjacent to an activating group) is 1. The van der Waals surface area contributed by atoms with Gasteiger partial charge in [0.1, 0.15) is 0 Å². The van der Waals surface area contributed by atoms with Gasteiger partial charge in [0, 0.05) is 38.9 Å². The van der Waals surface area contributed by atoms with Crippen LogP contribution in [0.2, 0.25) is 0 Å². The maximum atomic E-state index is 5.71. The largest absolute Gasteiger partial charge is 0.379 e. The molecule has 0 amide bonds. The Morgan fingerprint density at radius 2 is 2.14 bits per heavy atom. The summed E-state index contributed by atoms with van der Waals surface area (Å²) < 4.78 is 11.3. The Morgan fingerprint density at radius 3 is 2.86 bits per heavy atom. The fraction of sp³-hybridized carbons (Fsp3) is 0.682. The van der Waals surface area contributed by atoms with Crippen LogP contribution in [-0.4, -0.2) is 69.5 Å². The maximum absolute atomic E-state index is 5.71. The lowest BCUT2D eigenvalue weighted by molar-refractivity contribution is 0.0168. The molecule has 0 bridgehead atoms. The van der Waals surface area contributed by atoms with E-state index in [4.69, 9.17) is 14.5 Å². The van der Waals surface area contributed by atoms with Crippen molar-refractivity contribution in [1.29, 1.82) is 0 Å². The molecule has 28 heavy (non-hydrogen) atoms. The highest BCUT2D eigenvalue weighted by molar-refractivity contribution is 5.79. The number of guanidine groups is 1. The molecule has 0 saturated carbocycles. The fourth-order valence-electron chi connectivity index (χ4n) is 3.10. The number of hydrogen-bond acceptors (Lipinski definition) is 4. The van der Waals surface area contributed by atoms with Gasteiger partial charge in [0.05, 0.1) is 19.3 Å². The van der Waals surface area contributed by atoms with Crippen molar-refractivity contribution in [1.82, 2.24) is 15.5 Å². The molecule has 6 nitrogen and oxygen atoms in total. The van der Waals surface area contributed by atoms with Gasteiger partial charge in [-0.1, -0.05) is 30.3 Å². The van der Waals surface area contributed by atoms with Crippen LogP contribution in [0, 0.1) is 0 Å². The smallest absolute Gasteiger partial charge is 0.191 e. The van der Waals surface area contributed by atoms with E-state index >= 15 is 0 Å². The van der Waals surface area contributed by atoms with Gasteiger partial charge in [-0.15, -0.1) is 0 Å². The quantitative estimate of drug-likeness (QED) is 0.326. The molecule has 1 saturated heterocycles. The standard InChI is InChI=1S/C22H38N4O2/c1-4-23-22(24-13-9-14-27-18-21-12-8-15-28-21)25-16-19(2)26(3)17-20-10-6-5-7-11-20/h5-7,10-11,19,21H,4,8-9,12-18H2,1-3H3,(H2,23,24,25). The number of hydrogen-bond donors (Lipinski definition) is 2. The first-order chi connectivity index (χ1) is 13.7. The topological polar surface area (TPSA) is 58.1 Å². The van der Waals surface area contributed by atoms with Crippen LogP contribution < -0.4 is 10.6 Å². The summed E-state index contributed by atoms with van der Waals surface area (Å²) in [6, 6.07) is 10.9. The van der Waals surface area contributed by atoms with Crippen LogP contribution in [0.1, 0.15) is 38.7 Å². The van der Waals surface area contributed by atoms with Crippen molar-refractivity contribution in [3.63, 3.8) is 0 Å². The van der Waals surface area contributed by atoms with Gasteiger partial charge in [0.25, 0.3) is 0 Å². The second kappa shape index (κ2) is 13.5. The van der Waals surface area contributed by atoms with Crippen molar-refractivity contribution >= 4 is 5.96 Å². The minimum absolute atomic E-state index is 0.307. The van der Waals surface area contributed by atoms with Crippen LogP contribution in [0.25, 0.3) is 0 Å². The van der Waals surface area contributed by atoms with Crippen molar-refractivity contribution in [2.75, 3.05) is 46.5 Å². The fourth-order valence-corrected chi connectivity index (χ4v) is 3.10. The Bertz CT molecular complexity index is 547. The number of benzene rings is 1. The lowest BCUT2D eigenvalue weighted by atomic mass is 10.2. The molecule has 2 unspecified atom stereocenters. The predicted molar refractivity (Wildman–Crippen MR) is 116 cm³/mol. The van der Waals surface area contributed by atoms with E-state index in [9.17, 15) is 0 Å². The number of nitrogens with zero attached hydrogens (tertiary/aromatic N) is 2. The highest BCUT2D eigenvalue weighted by atomic mass is 16.5. The van der Waals surface area contributed by atoms with Crippen molar-refractivity contribution in [3.05, 3.63) is 35.9 Å². The Kier molecular flexibility index (Phi) is 10.9. The minimum Gasteiger partial charge on any atom is -0.379 e. The summed E-state index contributed by atoms with van der Waals surface area (Å²) in [6.07, 6.45) is 3.56. The average molecular weight is 391 g/mol. The van der Waals surface area contributed by atoms with E-state index in [2.05, 4.69) is 66.8 Å². The first-order valence-electron chi connectivity index (χ1n) is 10.6. The van der Waals surface area contributed by atoms with Gasteiger partial charge in [-0.2, -0.15) is 0 Å². The van der Waals surface area contributed by atoms with Gasteiger partial charge >= 0.3 is 0 Å². The number of aliphatic imine (C=N–C) groups is 1. The normalized spacial score (nSPS) is 18.4. The highest BCUT2D eigenvalue weighted by Crippen LogP contribution is 2.11. The third kappa shape index (κ3) is 9.04. The molecule has 2 N–H and O–H groups in total. The first kappa shape index (κ1) is 22.7. The van der Waals surface area contributed by atoms with Crippen molar-refractivity contribution in [2.24, 2.45) is 4.99 Å². The molecule has 2 rings (SSSR count). The van der Waals surface area contributed by atoms with Crippen molar-refractivity contribution in [2.45, 2.75) is 51.8 Å². The first-order valence-corrected chi connectivity index (χ1v) is 10.6. The van der Waals surface area contributed by atoms with Gasteiger partial charge < -0.3 is 20.1 Å². The summed E-state index contributed by atoms with van der Waals surface area (Å²) in [4.78, 5) is 7.08. The van der Waals surface area contributed by atoms with Crippen LogP contribution in [0.3, 0.4) is 0 Å². The van der Waals surface area contributed by atoms with Gasteiger partial charge in [0.15, 0.2) is 5.96 Å². The molecule has 1 aromatic carbocycles. The number of ether oxygens (including phenoxy) is 2. The average Bonchev–Trinajstić information content (AvgIpc) is 3.22. The summed E-state index contributed by atoms with van der Waals surface area (Å²) in [5, 5.41) is 6.72. The summed E-state index contributed by atoms with van der Waals surface area (Å²) in [7, 11) is 2.15. The van der Waals surface area contributed by atoms with E-state index in [-0.39, 0.29) is 0 Å². The van der Waals surface area contributed by atoms with E-state index < -0.39 is 0 Å². The molecule has 0 spiro atoms. The molecule has 158 valence electrons. The summed E-state index contributed by atoms with van der Waals surface area (Å²) in [5.41, 5.74) is 1.33. The van der Waals surface area contributed by atoms with Gasteiger partial charge in [-0.3, -0.25) is 9.89 Å². The van der Waals surface area contributed by atoms with Gasteiger partial charge in [0.2, 0.25) is 0 Å². The van der Waals surface area contributed by atoms with Crippen LogP contribution in [0.15, 0.2) is 35.3 Å². The molecule has 1 aliphatic rings. The molecule has 0 aromatic heterocycles. The third-order valence-electron chi connectivity index (χ3n) is 4.97. The predicted octanol–water partition coefficient (Wildman–Crippen LogP) is 2.65.